The molecule has 3 nitrogen and oxygen atoms in total. The first kappa shape index (κ1) is 16.1. The summed E-state index contributed by atoms with van der Waals surface area (Å²) < 4.78 is 2.25. The number of imidazole rings is 1. The smallest absolute Gasteiger partial charge is 0.0948 e. The molecular formula is C17H25N3S. The van der Waals surface area contributed by atoms with Gasteiger partial charge in [0.15, 0.2) is 0 Å². The summed E-state index contributed by atoms with van der Waals surface area (Å²) in [5.74, 6) is 0.978. The van der Waals surface area contributed by atoms with Crippen molar-refractivity contribution in [3.63, 3.8) is 0 Å². The van der Waals surface area contributed by atoms with Gasteiger partial charge in [-0.25, -0.2) is 4.98 Å². The van der Waals surface area contributed by atoms with E-state index in [-0.39, 0.29) is 0 Å². The van der Waals surface area contributed by atoms with Crippen LogP contribution in [-0.4, -0.2) is 16.1 Å². The lowest BCUT2D eigenvalue weighted by Crippen LogP contribution is -2.13. The van der Waals surface area contributed by atoms with Crippen LogP contribution in [0.2, 0.25) is 0 Å². The summed E-state index contributed by atoms with van der Waals surface area (Å²) in [6.45, 7) is 7.48. The predicted octanol–water partition coefficient (Wildman–Crippen LogP) is 4.09. The van der Waals surface area contributed by atoms with Crippen molar-refractivity contribution in [2.45, 2.75) is 50.4 Å². The summed E-state index contributed by atoms with van der Waals surface area (Å²) in [5, 5.41) is 3.45. The van der Waals surface area contributed by atoms with Crippen molar-refractivity contribution in [1.29, 1.82) is 0 Å². The molecule has 4 heteroatoms. The van der Waals surface area contributed by atoms with E-state index in [1.807, 2.05) is 24.3 Å². The molecule has 0 fully saturated rings. The van der Waals surface area contributed by atoms with Crippen LogP contribution in [0.25, 0.3) is 0 Å². The van der Waals surface area contributed by atoms with Crippen LogP contribution in [0.1, 0.15) is 37.9 Å². The molecule has 0 spiro atoms. The van der Waals surface area contributed by atoms with Crippen LogP contribution >= 0.6 is 11.8 Å². The summed E-state index contributed by atoms with van der Waals surface area (Å²) in [6, 6.07) is 8.81. The zero-order valence-electron chi connectivity index (χ0n) is 13.0. The van der Waals surface area contributed by atoms with E-state index in [9.17, 15) is 0 Å². The lowest BCUT2D eigenvalue weighted by molar-refractivity contribution is 0.659. The van der Waals surface area contributed by atoms with E-state index in [2.05, 4.69) is 53.0 Å². The lowest BCUT2D eigenvalue weighted by Gasteiger charge is -2.08. The first-order valence-corrected chi connectivity index (χ1v) is 8.73. The summed E-state index contributed by atoms with van der Waals surface area (Å²) in [6.07, 6.45) is 6.24. The van der Waals surface area contributed by atoms with Crippen molar-refractivity contribution >= 4 is 11.8 Å². The molecule has 0 saturated carbocycles. The third-order valence-electron chi connectivity index (χ3n) is 3.30. The molecule has 1 N–H and O–H groups in total. The minimum absolute atomic E-state index is 0.954. The zero-order valence-corrected chi connectivity index (χ0v) is 13.8. The quantitative estimate of drug-likeness (QED) is 0.559. The highest BCUT2D eigenvalue weighted by atomic mass is 32.2. The van der Waals surface area contributed by atoms with Crippen LogP contribution in [0.15, 0.2) is 41.7 Å². The second-order valence-electron chi connectivity index (χ2n) is 5.19. The monoisotopic (exact) mass is 303 g/mol. The van der Waals surface area contributed by atoms with Crippen LogP contribution in [0.3, 0.4) is 0 Å². The minimum Gasteiger partial charge on any atom is -0.334 e. The number of nitrogens with zero attached hydrogens (tertiary/aromatic N) is 2. The van der Waals surface area contributed by atoms with E-state index in [0.717, 1.165) is 31.8 Å². The molecule has 2 rings (SSSR count). The van der Waals surface area contributed by atoms with Crippen LogP contribution in [-0.2, 0) is 18.8 Å². The minimum atomic E-state index is 0.954. The number of nitrogens with one attached hydrogen (secondary N) is 1. The number of aromatic nitrogens is 2. The van der Waals surface area contributed by atoms with Gasteiger partial charge in [0.25, 0.3) is 0 Å². The first-order valence-electron chi connectivity index (χ1n) is 7.75. The molecule has 0 aliphatic rings. The van der Waals surface area contributed by atoms with Crippen molar-refractivity contribution in [3.05, 3.63) is 48.0 Å². The summed E-state index contributed by atoms with van der Waals surface area (Å²) in [7, 11) is 0. The fourth-order valence-corrected chi connectivity index (χ4v) is 3.19. The Hall–Kier alpha value is -1.26. The van der Waals surface area contributed by atoms with Gasteiger partial charge in [0, 0.05) is 35.6 Å². The van der Waals surface area contributed by atoms with Gasteiger partial charge >= 0.3 is 0 Å². The topological polar surface area (TPSA) is 29.9 Å². The molecule has 0 bridgehead atoms. The summed E-state index contributed by atoms with van der Waals surface area (Å²) in [5.41, 5.74) is 2.66. The van der Waals surface area contributed by atoms with Crippen molar-refractivity contribution in [1.82, 2.24) is 14.9 Å². The van der Waals surface area contributed by atoms with Crippen molar-refractivity contribution in [2.75, 3.05) is 6.54 Å². The SMILES string of the molecule is CCCNCc1cccc(SCc2cncn2CCC)c1. The highest BCUT2D eigenvalue weighted by Crippen LogP contribution is 2.23. The predicted molar refractivity (Wildman–Crippen MR) is 90.5 cm³/mol. The maximum absolute atomic E-state index is 4.26. The Balaban J connectivity index is 1.90. The molecular weight excluding hydrogens is 278 g/mol. The van der Waals surface area contributed by atoms with E-state index in [4.69, 9.17) is 0 Å². The molecule has 21 heavy (non-hydrogen) atoms. The van der Waals surface area contributed by atoms with E-state index >= 15 is 0 Å². The van der Waals surface area contributed by atoms with Crippen molar-refractivity contribution in [3.8, 4) is 0 Å². The molecule has 1 aromatic carbocycles. The highest BCUT2D eigenvalue weighted by molar-refractivity contribution is 7.98. The number of thioether (sulfide) groups is 1. The molecule has 0 aliphatic carbocycles. The van der Waals surface area contributed by atoms with E-state index < -0.39 is 0 Å². The Kier molecular flexibility index (Phi) is 6.83. The maximum atomic E-state index is 4.26. The molecule has 114 valence electrons. The second-order valence-corrected chi connectivity index (χ2v) is 6.24. The molecule has 1 aromatic heterocycles. The maximum Gasteiger partial charge on any atom is 0.0948 e. The van der Waals surface area contributed by atoms with Gasteiger partial charge in [0.05, 0.1) is 6.33 Å². The van der Waals surface area contributed by atoms with Gasteiger partial charge in [0.1, 0.15) is 0 Å². The van der Waals surface area contributed by atoms with Gasteiger partial charge in [-0.1, -0.05) is 26.0 Å². The molecule has 1 heterocycles. The Morgan fingerprint density at radius 3 is 2.95 bits per heavy atom. The number of hydrogen-bond acceptors (Lipinski definition) is 3. The van der Waals surface area contributed by atoms with E-state index in [1.165, 1.54) is 22.6 Å². The largest absolute Gasteiger partial charge is 0.334 e. The summed E-state index contributed by atoms with van der Waals surface area (Å²) >= 11 is 1.88. The number of aryl methyl sites for hydroxylation is 1. The second kappa shape index (κ2) is 8.90. The molecule has 2 aromatic rings. The highest BCUT2D eigenvalue weighted by Gasteiger charge is 2.03. The average Bonchev–Trinajstić information content (AvgIpc) is 2.94. The van der Waals surface area contributed by atoms with Gasteiger partial charge < -0.3 is 9.88 Å². The zero-order chi connectivity index (χ0) is 14.9. The fraction of sp³-hybridized carbons (Fsp3) is 0.471. The van der Waals surface area contributed by atoms with E-state index in [0.29, 0.717) is 0 Å². The molecule has 0 aliphatic heterocycles. The third kappa shape index (κ3) is 5.21. The number of rotatable bonds is 9. The van der Waals surface area contributed by atoms with Crippen molar-refractivity contribution in [2.24, 2.45) is 0 Å². The normalized spacial score (nSPS) is 11.0. The summed E-state index contributed by atoms with van der Waals surface area (Å²) in [4.78, 5) is 5.59. The Labute approximate surface area is 132 Å². The van der Waals surface area contributed by atoms with Gasteiger partial charge in [-0.05, 0) is 37.1 Å². The van der Waals surface area contributed by atoms with Gasteiger partial charge in [-0.3, -0.25) is 0 Å². The van der Waals surface area contributed by atoms with Gasteiger partial charge in [-0.2, -0.15) is 0 Å². The molecule has 0 amide bonds. The van der Waals surface area contributed by atoms with Crippen molar-refractivity contribution < 1.29 is 0 Å². The van der Waals surface area contributed by atoms with Crippen LogP contribution in [0.4, 0.5) is 0 Å². The molecule has 0 saturated heterocycles. The Bertz CT molecular complexity index is 536. The Morgan fingerprint density at radius 2 is 2.14 bits per heavy atom. The molecule has 0 atom stereocenters. The van der Waals surface area contributed by atoms with Gasteiger partial charge in [-0.15, -0.1) is 11.8 Å². The van der Waals surface area contributed by atoms with E-state index in [1.54, 1.807) is 0 Å². The van der Waals surface area contributed by atoms with Crippen LogP contribution in [0, 0.1) is 0 Å². The lowest BCUT2D eigenvalue weighted by atomic mass is 10.2. The van der Waals surface area contributed by atoms with Crippen LogP contribution < -0.4 is 5.32 Å². The third-order valence-corrected chi connectivity index (χ3v) is 4.33. The molecule has 0 radical (unpaired) electrons. The fourth-order valence-electron chi connectivity index (χ4n) is 2.22. The Morgan fingerprint density at radius 1 is 1.24 bits per heavy atom. The first-order chi connectivity index (χ1) is 10.3. The number of hydrogen-bond donors (Lipinski definition) is 1. The van der Waals surface area contributed by atoms with Gasteiger partial charge in [0.2, 0.25) is 0 Å². The number of benzene rings is 1. The van der Waals surface area contributed by atoms with Crippen LogP contribution in [0.5, 0.6) is 0 Å². The molecule has 0 unspecified atom stereocenters. The standard InChI is InChI=1S/C17H25N3S/c1-3-8-18-11-15-6-5-7-17(10-15)21-13-16-12-19-14-20(16)9-4-2/h5-7,10,12,14,18H,3-4,8-9,11,13H2,1-2H3. The average molecular weight is 303 g/mol.